The fourth-order valence-corrected chi connectivity index (χ4v) is 2.49. The first-order valence-electron chi connectivity index (χ1n) is 6.05. The van der Waals surface area contributed by atoms with Crippen LogP contribution in [0.2, 0.25) is 0 Å². The van der Waals surface area contributed by atoms with E-state index in [1.807, 2.05) is 18.2 Å². The molecule has 0 saturated heterocycles. The molecule has 7 nitrogen and oxygen atoms in total. The predicted molar refractivity (Wildman–Crippen MR) is 82.5 cm³/mol. The quantitative estimate of drug-likeness (QED) is 0.562. The normalized spacial score (nSPS) is 11.5. The molecule has 0 fully saturated rings. The summed E-state index contributed by atoms with van der Waals surface area (Å²) in [5.74, 6) is -0.381. The van der Waals surface area contributed by atoms with E-state index in [1.54, 1.807) is 12.1 Å². The number of benzene rings is 2. The van der Waals surface area contributed by atoms with Crippen molar-refractivity contribution in [3.8, 4) is 0 Å². The Morgan fingerprint density at radius 1 is 1.14 bits per heavy atom. The molecule has 4 N–H and O–H groups in total. The van der Waals surface area contributed by atoms with Crippen molar-refractivity contribution >= 4 is 34.7 Å². The Morgan fingerprint density at radius 2 is 1.73 bits per heavy atom. The maximum atomic E-state index is 10.8. The molecule has 0 radical (unpaired) electrons. The minimum Gasteiger partial charge on any atom is -0.324 e. The second-order valence-electron chi connectivity index (χ2n) is 4.24. The Morgan fingerprint density at radius 3 is 2.18 bits per heavy atom. The zero-order chi connectivity index (χ0) is 16.8. The molecule has 0 heterocycles. The fourth-order valence-electron chi connectivity index (χ4n) is 1.54. The predicted octanol–water partition coefficient (Wildman–Crippen LogP) is 1.34. The van der Waals surface area contributed by atoms with Crippen molar-refractivity contribution in [2.24, 2.45) is 5.73 Å². The number of nitrogens with two attached hydrogens (primary N) is 1. The van der Waals surface area contributed by atoms with E-state index in [-0.39, 0.29) is 23.4 Å². The van der Waals surface area contributed by atoms with Crippen molar-refractivity contribution in [3.05, 3.63) is 42.5 Å². The Kier molecular flexibility index (Phi) is 6.73. The lowest BCUT2D eigenvalue weighted by Crippen LogP contribution is -2.15. The van der Waals surface area contributed by atoms with Crippen molar-refractivity contribution in [1.29, 1.82) is 0 Å². The summed E-state index contributed by atoms with van der Waals surface area (Å²) < 4.78 is 40.3. The van der Waals surface area contributed by atoms with Crippen LogP contribution in [0.4, 0.5) is 0 Å². The zero-order valence-corrected chi connectivity index (χ0v) is 13.1. The van der Waals surface area contributed by atoms with E-state index in [9.17, 15) is 17.8 Å². The molecule has 2 aromatic carbocycles. The first-order valence-corrected chi connectivity index (χ1v) is 8.89. The van der Waals surface area contributed by atoms with Crippen LogP contribution >= 0.6 is 8.03 Å². The van der Waals surface area contributed by atoms with Gasteiger partial charge < -0.3 is 5.73 Å². The topological polar surface area (TPSA) is 135 Å². The Labute approximate surface area is 128 Å². The van der Waals surface area contributed by atoms with Gasteiger partial charge in [0.1, 0.15) is 0 Å². The molecule has 1 unspecified atom stereocenters. The van der Waals surface area contributed by atoms with Crippen LogP contribution < -0.4 is 5.73 Å². The first-order chi connectivity index (χ1) is 10.2. The van der Waals surface area contributed by atoms with E-state index in [0.29, 0.717) is 0 Å². The number of carbonyl (C=O) groups excluding carboxylic acids is 1. The van der Waals surface area contributed by atoms with Crippen molar-refractivity contribution < 1.29 is 27.2 Å². The third-order valence-corrected chi connectivity index (χ3v) is 4.03. The number of ketones is 1. The minimum atomic E-state index is -4.09. The van der Waals surface area contributed by atoms with Gasteiger partial charge in [-0.1, -0.05) is 30.3 Å². The van der Waals surface area contributed by atoms with Gasteiger partial charge >= 0.3 is 8.03 Å². The van der Waals surface area contributed by atoms with Gasteiger partial charge in [-0.05, 0) is 27.5 Å². The zero-order valence-electron chi connectivity index (χ0n) is 11.4. The van der Waals surface area contributed by atoms with Crippen LogP contribution in [0, 0.1) is 0 Å². The van der Waals surface area contributed by atoms with Gasteiger partial charge in [-0.15, -0.1) is 0 Å². The van der Waals surface area contributed by atoms with Crippen molar-refractivity contribution in [2.45, 2.75) is 4.90 Å². The van der Waals surface area contributed by atoms with Gasteiger partial charge in [0.15, 0.2) is 5.78 Å². The van der Waals surface area contributed by atoms with Gasteiger partial charge in [0.2, 0.25) is 6.16 Å². The molecule has 0 aliphatic rings. The van der Waals surface area contributed by atoms with E-state index in [4.69, 9.17) is 15.2 Å². The van der Waals surface area contributed by atoms with Crippen LogP contribution in [-0.4, -0.2) is 36.4 Å². The summed E-state index contributed by atoms with van der Waals surface area (Å²) in [6.07, 6.45) is -0.314. The average molecular weight is 344 g/mol. The van der Waals surface area contributed by atoms with Gasteiger partial charge in [-0.25, -0.2) is 0 Å². The van der Waals surface area contributed by atoms with Crippen LogP contribution in [0.25, 0.3) is 10.8 Å². The molecule has 22 heavy (non-hydrogen) atoms. The second kappa shape index (κ2) is 8.07. The van der Waals surface area contributed by atoms with Gasteiger partial charge in [-0.3, -0.25) is 9.35 Å². The van der Waals surface area contributed by atoms with E-state index in [1.165, 1.54) is 12.1 Å². The largest absolute Gasteiger partial charge is 0.513 e. The van der Waals surface area contributed by atoms with Crippen LogP contribution in [0.1, 0.15) is 0 Å². The van der Waals surface area contributed by atoms with Crippen LogP contribution in [0.3, 0.4) is 0 Å². The van der Waals surface area contributed by atoms with Gasteiger partial charge in [-0.2, -0.15) is 13.3 Å². The highest BCUT2D eigenvalue weighted by atomic mass is 32.2. The average Bonchev–Trinajstić information content (AvgIpc) is 2.45. The smallest absolute Gasteiger partial charge is 0.324 e. The monoisotopic (exact) mass is 344 g/mol. The molecule has 9 heteroatoms. The molecule has 0 aliphatic heterocycles. The molecule has 0 amide bonds. The van der Waals surface area contributed by atoms with Gasteiger partial charge in [0, 0.05) is 0 Å². The Hall–Kier alpha value is -1.70. The Balaban J connectivity index is 0.000000261. The van der Waals surface area contributed by atoms with Gasteiger partial charge in [0.25, 0.3) is 10.1 Å². The second-order valence-corrected chi connectivity index (χ2v) is 6.68. The molecule has 1 atom stereocenters. The van der Waals surface area contributed by atoms with Crippen molar-refractivity contribution in [3.63, 3.8) is 0 Å². The molecule has 118 valence electrons. The summed E-state index contributed by atoms with van der Waals surface area (Å²) in [5, 5.41) is 1.74. The molecule has 2 rings (SSSR count). The summed E-state index contributed by atoms with van der Waals surface area (Å²) in [7, 11) is -6.42. The molecule has 0 saturated carbocycles. The van der Waals surface area contributed by atoms with E-state index >= 15 is 0 Å². The molecule has 0 aromatic heterocycles. The first kappa shape index (κ1) is 18.3. The van der Waals surface area contributed by atoms with Gasteiger partial charge in [0.05, 0.1) is 11.4 Å². The SMILES string of the molecule is NCC(=O)C[P+](=O)O.O=S(=O)(O)c1ccc2ccccc2c1. The Bertz CT molecular complexity index is 790. The highest BCUT2D eigenvalue weighted by Crippen LogP contribution is 2.18. The van der Waals surface area contributed by atoms with E-state index in [2.05, 4.69) is 0 Å². The molecular weight excluding hydrogens is 329 g/mol. The lowest BCUT2D eigenvalue weighted by atomic mass is 10.1. The lowest BCUT2D eigenvalue weighted by Gasteiger charge is -1.99. The fraction of sp³-hybridized carbons (Fsp3) is 0.154. The minimum absolute atomic E-state index is 0.0730. The lowest BCUT2D eigenvalue weighted by molar-refractivity contribution is -0.115. The molecule has 2 aromatic rings. The van der Waals surface area contributed by atoms with Crippen molar-refractivity contribution in [1.82, 2.24) is 0 Å². The summed E-state index contributed by atoms with van der Waals surface area (Å²) in [6.45, 7) is -0.151. The number of Topliss-reactive ketones (excluding diaryl/α,β-unsaturated/α-hetero) is 1. The molecule has 0 bridgehead atoms. The summed E-state index contributed by atoms with van der Waals surface area (Å²) >= 11 is 0. The summed E-state index contributed by atoms with van der Waals surface area (Å²) in [5.41, 5.74) is 4.83. The standard InChI is InChI=1S/C10H8O3S.C3H6NO3P/c11-14(12,13)10-6-5-8-3-1-2-4-9(8)7-10;4-1-3(5)2-8(6)7/h1-7H,(H,11,12,13);1-2,4H2/p+1. The highest BCUT2D eigenvalue weighted by Gasteiger charge is 2.15. The molecule has 0 spiro atoms. The van der Waals surface area contributed by atoms with Crippen LogP contribution in [0.15, 0.2) is 47.4 Å². The maximum Gasteiger partial charge on any atom is 0.513 e. The highest BCUT2D eigenvalue weighted by molar-refractivity contribution is 7.85. The maximum absolute atomic E-state index is 10.8. The van der Waals surface area contributed by atoms with Crippen LogP contribution in [-0.2, 0) is 19.5 Å². The van der Waals surface area contributed by atoms with Crippen molar-refractivity contribution in [2.75, 3.05) is 12.7 Å². The third-order valence-electron chi connectivity index (χ3n) is 2.56. The number of fused-ring (bicyclic) bond motifs is 1. The number of carbonyl (C=O) groups is 1. The number of hydrogen-bond donors (Lipinski definition) is 3. The summed E-state index contributed by atoms with van der Waals surface area (Å²) in [4.78, 5) is 18.2. The van der Waals surface area contributed by atoms with E-state index in [0.717, 1.165) is 10.8 Å². The summed E-state index contributed by atoms with van der Waals surface area (Å²) in [6, 6.07) is 11.9. The number of hydrogen-bond acceptors (Lipinski definition) is 5. The van der Waals surface area contributed by atoms with E-state index < -0.39 is 18.1 Å². The third kappa shape index (κ3) is 5.97. The molecule has 0 aliphatic carbocycles. The molecular formula is C13H15NO6PS+. The van der Waals surface area contributed by atoms with Crippen LogP contribution in [0.5, 0.6) is 0 Å². The number of rotatable bonds is 4.